The molecule has 0 aliphatic heterocycles. The number of rotatable bonds is 4. The lowest BCUT2D eigenvalue weighted by atomic mass is 10.3. The number of pyridine rings is 2. The fraction of sp³-hybridized carbons (Fsp3) is 0.0909. The van der Waals surface area contributed by atoms with Crippen LogP contribution in [0, 0.1) is 0 Å². The van der Waals surface area contributed by atoms with E-state index in [0.29, 0.717) is 4.47 Å². The molecule has 0 unspecified atom stereocenters. The van der Waals surface area contributed by atoms with Crippen LogP contribution in [0.3, 0.4) is 0 Å². The SMILES string of the molecule is O=S(=O)(NCc1ccncc1)c1cc(Br)cnc1Cl. The van der Waals surface area contributed by atoms with Crippen LogP contribution in [0.25, 0.3) is 0 Å². The van der Waals surface area contributed by atoms with Crippen LogP contribution in [0.2, 0.25) is 5.15 Å². The number of nitrogens with one attached hydrogen (secondary N) is 1. The quantitative estimate of drug-likeness (QED) is 0.848. The first-order valence-electron chi connectivity index (χ1n) is 5.18. The molecule has 0 radical (unpaired) electrons. The van der Waals surface area contributed by atoms with Gasteiger partial charge in [-0.25, -0.2) is 18.1 Å². The minimum Gasteiger partial charge on any atom is -0.265 e. The molecule has 19 heavy (non-hydrogen) atoms. The molecule has 0 saturated carbocycles. The van der Waals surface area contributed by atoms with Gasteiger partial charge in [0.15, 0.2) is 0 Å². The Morgan fingerprint density at radius 2 is 2.00 bits per heavy atom. The molecule has 2 rings (SSSR count). The molecule has 0 aliphatic carbocycles. The van der Waals surface area contributed by atoms with Crippen molar-refractivity contribution in [2.45, 2.75) is 11.4 Å². The van der Waals surface area contributed by atoms with E-state index in [0.717, 1.165) is 5.56 Å². The zero-order valence-electron chi connectivity index (χ0n) is 9.55. The van der Waals surface area contributed by atoms with Crippen LogP contribution < -0.4 is 4.72 Å². The number of hydrogen-bond acceptors (Lipinski definition) is 4. The molecule has 2 aromatic rings. The van der Waals surface area contributed by atoms with Crippen LogP contribution in [0.15, 0.2) is 46.2 Å². The van der Waals surface area contributed by atoms with E-state index in [-0.39, 0.29) is 16.6 Å². The molecule has 0 spiro atoms. The van der Waals surface area contributed by atoms with Gasteiger partial charge in [0.05, 0.1) is 0 Å². The van der Waals surface area contributed by atoms with E-state index in [1.807, 2.05) is 0 Å². The molecule has 0 fully saturated rings. The van der Waals surface area contributed by atoms with Crippen LogP contribution in [-0.2, 0) is 16.6 Å². The second-order valence-electron chi connectivity index (χ2n) is 3.62. The molecule has 5 nitrogen and oxygen atoms in total. The van der Waals surface area contributed by atoms with Crippen LogP contribution in [0.5, 0.6) is 0 Å². The number of aromatic nitrogens is 2. The minimum atomic E-state index is -3.71. The van der Waals surface area contributed by atoms with Crippen molar-refractivity contribution in [3.8, 4) is 0 Å². The molecule has 1 N–H and O–H groups in total. The highest BCUT2D eigenvalue weighted by Crippen LogP contribution is 2.22. The average molecular weight is 363 g/mol. The van der Waals surface area contributed by atoms with Crippen molar-refractivity contribution in [3.05, 3.63) is 52.0 Å². The minimum absolute atomic E-state index is 0.0578. The van der Waals surface area contributed by atoms with E-state index < -0.39 is 10.0 Å². The van der Waals surface area contributed by atoms with Gasteiger partial charge in [-0.3, -0.25) is 4.98 Å². The predicted octanol–water partition coefficient (Wildman–Crippen LogP) is 2.37. The van der Waals surface area contributed by atoms with Gasteiger partial charge in [-0.05, 0) is 39.7 Å². The third-order valence-electron chi connectivity index (χ3n) is 2.28. The molecule has 0 amide bonds. The lowest BCUT2D eigenvalue weighted by Crippen LogP contribution is -2.23. The van der Waals surface area contributed by atoms with E-state index >= 15 is 0 Å². The summed E-state index contributed by atoms with van der Waals surface area (Å²) >= 11 is 8.96. The molecule has 100 valence electrons. The molecule has 8 heteroatoms. The largest absolute Gasteiger partial charge is 0.265 e. The van der Waals surface area contributed by atoms with Crippen molar-refractivity contribution in [1.29, 1.82) is 0 Å². The summed E-state index contributed by atoms with van der Waals surface area (Å²) in [5.74, 6) is 0. The Balaban J connectivity index is 2.21. The van der Waals surface area contributed by atoms with Crippen molar-refractivity contribution < 1.29 is 8.42 Å². The van der Waals surface area contributed by atoms with E-state index in [9.17, 15) is 8.42 Å². The lowest BCUT2D eigenvalue weighted by Gasteiger charge is -2.08. The van der Waals surface area contributed by atoms with E-state index in [2.05, 4.69) is 30.6 Å². The maximum absolute atomic E-state index is 12.1. The molecule has 0 aromatic carbocycles. The molecule has 2 aromatic heterocycles. The van der Waals surface area contributed by atoms with Gasteiger partial charge in [0.2, 0.25) is 10.0 Å². The van der Waals surface area contributed by atoms with Crippen LogP contribution in [-0.4, -0.2) is 18.4 Å². The molecule has 0 atom stereocenters. The third kappa shape index (κ3) is 3.73. The predicted molar refractivity (Wildman–Crippen MR) is 75.2 cm³/mol. The van der Waals surface area contributed by atoms with Crippen molar-refractivity contribution in [2.75, 3.05) is 0 Å². The van der Waals surface area contributed by atoms with Gasteiger partial charge in [0.1, 0.15) is 10.0 Å². The van der Waals surface area contributed by atoms with Crippen LogP contribution >= 0.6 is 27.5 Å². The molecule has 0 saturated heterocycles. The summed E-state index contributed by atoms with van der Waals surface area (Å²) in [6.45, 7) is 0.160. The van der Waals surface area contributed by atoms with Crippen molar-refractivity contribution >= 4 is 37.6 Å². The van der Waals surface area contributed by atoms with Gasteiger partial charge in [0, 0.05) is 29.6 Å². The molecular weight excluding hydrogens is 354 g/mol. The number of hydrogen-bond donors (Lipinski definition) is 1. The number of halogens is 2. The second-order valence-corrected chi connectivity index (χ2v) is 6.63. The van der Waals surface area contributed by atoms with Gasteiger partial charge in [-0.1, -0.05) is 11.6 Å². The third-order valence-corrected chi connectivity index (χ3v) is 4.54. The lowest BCUT2D eigenvalue weighted by molar-refractivity contribution is 0.581. The summed E-state index contributed by atoms with van der Waals surface area (Å²) in [5, 5.41) is -0.0644. The average Bonchev–Trinajstić information content (AvgIpc) is 2.40. The number of nitrogens with zero attached hydrogens (tertiary/aromatic N) is 2. The highest BCUT2D eigenvalue weighted by molar-refractivity contribution is 9.10. The monoisotopic (exact) mass is 361 g/mol. The van der Waals surface area contributed by atoms with Crippen molar-refractivity contribution in [1.82, 2.24) is 14.7 Å². The van der Waals surface area contributed by atoms with E-state index in [4.69, 9.17) is 11.6 Å². The Bertz CT molecular complexity index is 680. The fourth-order valence-electron chi connectivity index (χ4n) is 1.35. The van der Waals surface area contributed by atoms with Gasteiger partial charge < -0.3 is 0 Å². The normalized spacial score (nSPS) is 11.5. The highest BCUT2D eigenvalue weighted by Gasteiger charge is 2.19. The van der Waals surface area contributed by atoms with Crippen LogP contribution in [0.4, 0.5) is 0 Å². The maximum atomic E-state index is 12.1. The van der Waals surface area contributed by atoms with Crippen molar-refractivity contribution in [3.63, 3.8) is 0 Å². The Hall–Kier alpha value is -1.02. The zero-order chi connectivity index (χ0) is 13.9. The number of sulfonamides is 1. The first-order chi connectivity index (χ1) is 8.99. The summed E-state index contributed by atoms with van der Waals surface area (Å²) in [6.07, 6.45) is 4.62. The Morgan fingerprint density at radius 1 is 1.32 bits per heavy atom. The van der Waals surface area contributed by atoms with E-state index in [1.165, 1.54) is 12.3 Å². The summed E-state index contributed by atoms with van der Waals surface area (Å²) in [4.78, 5) is 7.59. The fourth-order valence-corrected chi connectivity index (χ4v) is 3.31. The molecule has 0 aliphatic rings. The first kappa shape index (κ1) is 14.4. The summed E-state index contributed by atoms with van der Waals surface area (Å²) in [6, 6.07) is 4.86. The second kappa shape index (κ2) is 5.96. The Labute approximate surface area is 124 Å². The zero-order valence-corrected chi connectivity index (χ0v) is 12.7. The smallest absolute Gasteiger partial charge is 0.243 e. The van der Waals surface area contributed by atoms with Gasteiger partial charge >= 0.3 is 0 Å². The van der Waals surface area contributed by atoms with Crippen molar-refractivity contribution in [2.24, 2.45) is 0 Å². The molecule has 2 heterocycles. The standard InChI is InChI=1S/C11H9BrClN3O2S/c12-9-5-10(11(13)15-7-9)19(17,18)16-6-8-1-3-14-4-2-8/h1-5,7,16H,6H2. The topological polar surface area (TPSA) is 72.0 Å². The van der Waals surface area contributed by atoms with E-state index in [1.54, 1.807) is 24.5 Å². The molecular formula is C11H9BrClN3O2S. The summed E-state index contributed by atoms with van der Waals surface area (Å²) in [5.41, 5.74) is 0.803. The molecule has 0 bridgehead atoms. The van der Waals surface area contributed by atoms with Gasteiger partial charge in [0.25, 0.3) is 0 Å². The Morgan fingerprint density at radius 3 is 2.68 bits per heavy atom. The highest BCUT2D eigenvalue weighted by atomic mass is 79.9. The Kier molecular flexibility index (Phi) is 4.51. The summed E-state index contributed by atoms with van der Waals surface area (Å²) < 4.78 is 27.2. The van der Waals surface area contributed by atoms with Gasteiger partial charge in [-0.2, -0.15) is 0 Å². The summed E-state index contributed by atoms with van der Waals surface area (Å²) in [7, 11) is -3.71. The van der Waals surface area contributed by atoms with Gasteiger partial charge in [-0.15, -0.1) is 0 Å². The maximum Gasteiger partial charge on any atom is 0.243 e. The van der Waals surface area contributed by atoms with Crippen LogP contribution in [0.1, 0.15) is 5.56 Å². The first-order valence-corrected chi connectivity index (χ1v) is 7.84.